The molecule has 1 heterocycles. The molecular weight excluding hydrogens is 276 g/mol. The van der Waals surface area contributed by atoms with Crippen LogP contribution in [0, 0.1) is 0 Å². The van der Waals surface area contributed by atoms with Gasteiger partial charge in [0.05, 0.1) is 28.7 Å². The van der Waals surface area contributed by atoms with E-state index in [0.717, 1.165) is 0 Å². The number of nitrogens with zero attached hydrogens (tertiary/aromatic N) is 2. The minimum absolute atomic E-state index is 0.217. The van der Waals surface area contributed by atoms with Crippen LogP contribution >= 0.6 is 11.6 Å². The van der Waals surface area contributed by atoms with Crippen molar-refractivity contribution in [1.82, 2.24) is 9.55 Å². The smallest absolute Gasteiger partial charge is 0.267 e. The van der Waals surface area contributed by atoms with E-state index in [0.29, 0.717) is 27.4 Å². The highest BCUT2D eigenvalue weighted by atomic mass is 35.5. The lowest BCUT2D eigenvalue weighted by atomic mass is 10.2. The van der Waals surface area contributed by atoms with Crippen LogP contribution in [-0.4, -0.2) is 16.7 Å². The number of rotatable bonds is 2. The lowest BCUT2D eigenvalue weighted by Gasteiger charge is -2.11. The monoisotopic (exact) mass is 286 g/mol. The molecule has 0 amide bonds. The number of fused-ring (bicyclic) bond motifs is 1. The van der Waals surface area contributed by atoms with Crippen LogP contribution in [0.1, 0.15) is 0 Å². The Morgan fingerprint density at radius 3 is 2.75 bits per heavy atom. The number of hydrogen-bond acceptors (Lipinski definition) is 3. The van der Waals surface area contributed by atoms with E-state index < -0.39 is 0 Å². The van der Waals surface area contributed by atoms with E-state index >= 15 is 0 Å². The molecule has 0 spiro atoms. The highest BCUT2D eigenvalue weighted by molar-refractivity contribution is 6.35. The Kier molecular flexibility index (Phi) is 3.16. The van der Waals surface area contributed by atoms with E-state index in [1.807, 2.05) is 12.1 Å². The molecule has 2 aromatic carbocycles. The summed E-state index contributed by atoms with van der Waals surface area (Å²) in [5.41, 5.74) is 0.994. The average Bonchev–Trinajstić information content (AvgIpc) is 2.48. The number of hydrogen-bond donors (Lipinski definition) is 0. The van der Waals surface area contributed by atoms with Crippen molar-refractivity contribution >= 4 is 22.5 Å². The third-order valence-electron chi connectivity index (χ3n) is 3.08. The number of methoxy groups -OCH3 is 1. The van der Waals surface area contributed by atoms with Crippen molar-refractivity contribution in [1.29, 1.82) is 0 Å². The molecular formula is C15H11ClN2O2. The molecule has 0 saturated carbocycles. The lowest BCUT2D eigenvalue weighted by Crippen LogP contribution is -2.19. The predicted octanol–water partition coefficient (Wildman–Crippen LogP) is 3.05. The van der Waals surface area contributed by atoms with E-state index in [-0.39, 0.29) is 5.56 Å². The fraction of sp³-hybridized carbons (Fsp3) is 0.0667. The SMILES string of the molecule is COc1ccccc1-n1cnc2cccc(Cl)c2c1=O. The van der Waals surface area contributed by atoms with Crippen LogP contribution in [-0.2, 0) is 0 Å². The second-order valence-electron chi connectivity index (χ2n) is 4.23. The van der Waals surface area contributed by atoms with Gasteiger partial charge in [-0.1, -0.05) is 29.8 Å². The maximum atomic E-state index is 12.6. The standard InChI is InChI=1S/C15H11ClN2O2/c1-20-13-8-3-2-7-12(13)18-9-17-11-6-4-5-10(16)14(11)15(18)19/h2-9H,1H3. The number of benzene rings is 2. The third-order valence-corrected chi connectivity index (χ3v) is 3.40. The summed E-state index contributed by atoms with van der Waals surface area (Å²) in [7, 11) is 1.56. The molecule has 100 valence electrons. The van der Waals surface area contributed by atoms with Crippen molar-refractivity contribution < 1.29 is 4.74 Å². The minimum atomic E-state index is -0.217. The van der Waals surface area contributed by atoms with Crippen molar-refractivity contribution in [3.63, 3.8) is 0 Å². The Hall–Kier alpha value is -2.33. The van der Waals surface area contributed by atoms with E-state index in [2.05, 4.69) is 4.98 Å². The maximum Gasteiger partial charge on any atom is 0.267 e. The van der Waals surface area contributed by atoms with Crippen LogP contribution in [0.25, 0.3) is 16.6 Å². The largest absolute Gasteiger partial charge is 0.495 e. The lowest BCUT2D eigenvalue weighted by molar-refractivity contribution is 0.412. The molecule has 3 aromatic rings. The van der Waals surface area contributed by atoms with Gasteiger partial charge in [0.2, 0.25) is 0 Å². The van der Waals surface area contributed by atoms with Gasteiger partial charge in [0.15, 0.2) is 0 Å². The topological polar surface area (TPSA) is 44.1 Å². The van der Waals surface area contributed by atoms with Gasteiger partial charge in [-0.05, 0) is 24.3 Å². The fourth-order valence-electron chi connectivity index (χ4n) is 2.13. The van der Waals surface area contributed by atoms with Crippen molar-refractivity contribution in [2.24, 2.45) is 0 Å². The molecule has 0 aliphatic carbocycles. The Labute approximate surface area is 120 Å². The van der Waals surface area contributed by atoms with Crippen molar-refractivity contribution in [3.05, 3.63) is 64.2 Å². The average molecular weight is 287 g/mol. The summed E-state index contributed by atoms with van der Waals surface area (Å²) in [6, 6.07) is 12.5. The van der Waals surface area contributed by atoms with Crippen molar-refractivity contribution in [2.45, 2.75) is 0 Å². The van der Waals surface area contributed by atoms with Gasteiger partial charge in [0, 0.05) is 0 Å². The van der Waals surface area contributed by atoms with Crippen LogP contribution < -0.4 is 10.3 Å². The van der Waals surface area contributed by atoms with Crippen LogP contribution in [0.4, 0.5) is 0 Å². The predicted molar refractivity (Wildman–Crippen MR) is 78.9 cm³/mol. The molecule has 0 unspecified atom stereocenters. The molecule has 4 nitrogen and oxygen atoms in total. The number of ether oxygens (including phenoxy) is 1. The Morgan fingerprint density at radius 1 is 1.15 bits per heavy atom. The van der Waals surface area contributed by atoms with E-state index in [9.17, 15) is 4.79 Å². The molecule has 0 radical (unpaired) electrons. The zero-order valence-electron chi connectivity index (χ0n) is 10.7. The summed E-state index contributed by atoms with van der Waals surface area (Å²) < 4.78 is 6.71. The van der Waals surface area contributed by atoms with Crippen molar-refractivity contribution in [2.75, 3.05) is 7.11 Å². The first-order valence-electron chi connectivity index (χ1n) is 6.01. The van der Waals surface area contributed by atoms with Gasteiger partial charge >= 0.3 is 0 Å². The molecule has 0 aliphatic heterocycles. The van der Waals surface area contributed by atoms with Crippen LogP contribution in [0.3, 0.4) is 0 Å². The summed E-state index contributed by atoms with van der Waals surface area (Å²) in [5.74, 6) is 0.600. The van der Waals surface area contributed by atoms with Gasteiger partial charge < -0.3 is 4.74 Å². The molecule has 0 saturated heterocycles. The Bertz CT molecular complexity index is 843. The van der Waals surface area contributed by atoms with Gasteiger partial charge in [-0.2, -0.15) is 0 Å². The van der Waals surface area contributed by atoms with Crippen LogP contribution in [0.2, 0.25) is 5.02 Å². The van der Waals surface area contributed by atoms with Crippen LogP contribution in [0.5, 0.6) is 5.75 Å². The third kappa shape index (κ3) is 1.94. The maximum absolute atomic E-state index is 12.6. The molecule has 3 rings (SSSR count). The molecule has 20 heavy (non-hydrogen) atoms. The van der Waals surface area contributed by atoms with Gasteiger partial charge in [0.25, 0.3) is 5.56 Å². The summed E-state index contributed by atoms with van der Waals surface area (Å²) in [6.07, 6.45) is 1.48. The highest BCUT2D eigenvalue weighted by Crippen LogP contribution is 2.23. The van der Waals surface area contributed by atoms with E-state index in [4.69, 9.17) is 16.3 Å². The quantitative estimate of drug-likeness (QED) is 0.727. The Morgan fingerprint density at radius 2 is 1.95 bits per heavy atom. The van der Waals surface area contributed by atoms with Crippen LogP contribution in [0.15, 0.2) is 53.6 Å². The molecule has 0 bridgehead atoms. The van der Waals surface area contributed by atoms with E-state index in [1.165, 1.54) is 10.9 Å². The second kappa shape index (κ2) is 4.98. The molecule has 0 aliphatic rings. The molecule has 5 heteroatoms. The zero-order chi connectivity index (χ0) is 14.1. The minimum Gasteiger partial charge on any atom is -0.495 e. The molecule has 0 fully saturated rings. The van der Waals surface area contributed by atoms with Gasteiger partial charge in [-0.3, -0.25) is 9.36 Å². The Balaban J connectivity index is 2.36. The van der Waals surface area contributed by atoms with Gasteiger partial charge in [-0.25, -0.2) is 4.98 Å². The van der Waals surface area contributed by atoms with Gasteiger partial charge in [-0.15, -0.1) is 0 Å². The normalized spacial score (nSPS) is 10.7. The highest BCUT2D eigenvalue weighted by Gasteiger charge is 2.11. The zero-order valence-corrected chi connectivity index (χ0v) is 11.5. The summed E-state index contributed by atoms with van der Waals surface area (Å²) in [4.78, 5) is 16.9. The number of para-hydroxylation sites is 2. The summed E-state index contributed by atoms with van der Waals surface area (Å²) in [5, 5.41) is 0.798. The van der Waals surface area contributed by atoms with Gasteiger partial charge in [0.1, 0.15) is 12.1 Å². The summed E-state index contributed by atoms with van der Waals surface area (Å²) >= 11 is 6.11. The number of aromatic nitrogens is 2. The summed E-state index contributed by atoms with van der Waals surface area (Å²) in [6.45, 7) is 0. The first kappa shape index (κ1) is 12.7. The molecule has 0 N–H and O–H groups in total. The van der Waals surface area contributed by atoms with E-state index in [1.54, 1.807) is 37.4 Å². The molecule has 1 aromatic heterocycles. The first-order chi connectivity index (χ1) is 9.72. The first-order valence-corrected chi connectivity index (χ1v) is 6.39. The number of halogens is 1. The fourth-order valence-corrected chi connectivity index (χ4v) is 2.38. The van der Waals surface area contributed by atoms with Crippen molar-refractivity contribution in [3.8, 4) is 11.4 Å². The molecule has 0 atom stereocenters. The second-order valence-corrected chi connectivity index (χ2v) is 4.63.